The van der Waals surface area contributed by atoms with Crippen LogP contribution in [0.15, 0.2) is 18.2 Å². The number of carbonyl (C=O) groups is 1. The first-order chi connectivity index (χ1) is 7.72. The van der Waals surface area contributed by atoms with Gasteiger partial charge in [-0.3, -0.25) is 4.79 Å². The number of amides is 1. The van der Waals surface area contributed by atoms with Gasteiger partial charge in [0, 0.05) is 25.2 Å². The molecule has 1 aliphatic heterocycles. The molecule has 0 saturated carbocycles. The van der Waals surface area contributed by atoms with Crippen molar-refractivity contribution in [1.29, 1.82) is 0 Å². The lowest BCUT2D eigenvalue weighted by atomic mass is 10.0. The molecule has 0 aromatic heterocycles. The fourth-order valence-electron chi connectivity index (χ4n) is 2.18. The zero-order chi connectivity index (χ0) is 11.5. The van der Waals surface area contributed by atoms with Gasteiger partial charge in [-0.2, -0.15) is 0 Å². The highest BCUT2D eigenvalue weighted by Crippen LogP contribution is 2.17. The summed E-state index contributed by atoms with van der Waals surface area (Å²) >= 11 is 0. The Morgan fingerprint density at radius 2 is 2.06 bits per heavy atom. The van der Waals surface area contributed by atoms with Gasteiger partial charge in [-0.1, -0.05) is 12.1 Å². The molecule has 0 unspecified atom stereocenters. The molecule has 1 saturated heterocycles. The summed E-state index contributed by atoms with van der Waals surface area (Å²) in [6.07, 6.45) is 2.26. The predicted octanol–water partition coefficient (Wildman–Crippen LogP) is 1.69. The highest BCUT2D eigenvalue weighted by atomic mass is 16.2. The molecule has 3 heteroatoms. The van der Waals surface area contributed by atoms with Crippen molar-refractivity contribution in [3.63, 3.8) is 0 Å². The van der Waals surface area contributed by atoms with Crippen LogP contribution in [0.4, 0.5) is 0 Å². The number of likely N-dealkylation sites (tertiary alicyclic amines) is 1. The minimum absolute atomic E-state index is 0.165. The van der Waals surface area contributed by atoms with E-state index in [0.717, 1.165) is 42.6 Å². The normalized spacial score (nSPS) is 15.5. The van der Waals surface area contributed by atoms with Gasteiger partial charge in [-0.05, 0) is 37.0 Å². The molecule has 0 radical (unpaired) electrons. The number of rotatable bonds is 2. The maximum atomic E-state index is 12.2. The zero-order valence-electron chi connectivity index (χ0n) is 9.70. The molecule has 16 heavy (non-hydrogen) atoms. The molecule has 1 amide bonds. The minimum atomic E-state index is 0.165. The van der Waals surface area contributed by atoms with Crippen molar-refractivity contribution in [3.8, 4) is 0 Å². The second-order valence-corrected chi connectivity index (χ2v) is 4.35. The molecule has 1 aromatic carbocycles. The van der Waals surface area contributed by atoms with E-state index in [1.165, 1.54) is 0 Å². The summed E-state index contributed by atoms with van der Waals surface area (Å²) in [5.41, 5.74) is 8.50. The molecular weight excluding hydrogens is 200 g/mol. The van der Waals surface area contributed by atoms with Gasteiger partial charge in [0.25, 0.3) is 5.91 Å². The predicted molar refractivity (Wildman–Crippen MR) is 64.2 cm³/mol. The molecule has 1 aromatic rings. The van der Waals surface area contributed by atoms with Crippen LogP contribution in [0.25, 0.3) is 0 Å². The number of carbonyl (C=O) groups excluding carboxylic acids is 1. The van der Waals surface area contributed by atoms with E-state index in [9.17, 15) is 4.79 Å². The van der Waals surface area contributed by atoms with Gasteiger partial charge in [0.2, 0.25) is 0 Å². The molecular formula is C13H18N2O. The number of benzene rings is 1. The van der Waals surface area contributed by atoms with E-state index in [4.69, 9.17) is 5.73 Å². The molecule has 1 heterocycles. The molecule has 1 fully saturated rings. The van der Waals surface area contributed by atoms with Gasteiger partial charge in [0.05, 0.1) is 0 Å². The molecule has 0 atom stereocenters. The Hall–Kier alpha value is -1.35. The maximum absolute atomic E-state index is 12.2. The maximum Gasteiger partial charge on any atom is 0.254 e. The van der Waals surface area contributed by atoms with Crippen LogP contribution in [0, 0.1) is 6.92 Å². The van der Waals surface area contributed by atoms with Crippen LogP contribution >= 0.6 is 0 Å². The third-order valence-electron chi connectivity index (χ3n) is 3.15. The van der Waals surface area contributed by atoms with Gasteiger partial charge in [0.15, 0.2) is 0 Å². The van der Waals surface area contributed by atoms with E-state index in [-0.39, 0.29) is 5.91 Å². The number of nitrogens with two attached hydrogens (primary N) is 1. The molecule has 2 N–H and O–H groups in total. The van der Waals surface area contributed by atoms with Crippen LogP contribution in [0.3, 0.4) is 0 Å². The number of aryl methyl sites for hydroxylation is 1. The van der Waals surface area contributed by atoms with Crippen LogP contribution in [-0.2, 0) is 6.54 Å². The summed E-state index contributed by atoms with van der Waals surface area (Å²) in [6, 6.07) is 5.85. The van der Waals surface area contributed by atoms with E-state index < -0.39 is 0 Å². The minimum Gasteiger partial charge on any atom is -0.339 e. The van der Waals surface area contributed by atoms with E-state index >= 15 is 0 Å². The van der Waals surface area contributed by atoms with Gasteiger partial charge >= 0.3 is 0 Å². The van der Waals surface area contributed by atoms with Crippen molar-refractivity contribution in [2.75, 3.05) is 13.1 Å². The van der Waals surface area contributed by atoms with Gasteiger partial charge < -0.3 is 10.6 Å². The summed E-state index contributed by atoms with van der Waals surface area (Å²) in [6.45, 7) is 4.30. The van der Waals surface area contributed by atoms with Crippen LogP contribution in [0.5, 0.6) is 0 Å². The highest BCUT2D eigenvalue weighted by Gasteiger charge is 2.20. The fourth-order valence-corrected chi connectivity index (χ4v) is 2.18. The lowest BCUT2D eigenvalue weighted by Crippen LogP contribution is -2.28. The second kappa shape index (κ2) is 4.66. The van der Waals surface area contributed by atoms with Gasteiger partial charge in [-0.15, -0.1) is 0 Å². The number of hydrogen-bond acceptors (Lipinski definition) is 2. The Bertz CT molecular complexity index is 395. The lowest BCUT2D eigenvalue weighted by Gasteiger charge is -2.17. The Morgan fingerprint density at radius 3 is 2.62 bits per heavy atom. The summed E-state index contributed by atoms with van der Waals surface area (Å²) in [4.78, 5) is 14.1. The average molecular weight is 218 g/mol. The largest absolute Gasteiger partial charge is 0.339 e. The van der Waals surface area contributed by atoms with E-state index in [2.05, 4.69) is 0 Å². The zero-order valence-corrected chi connectivity index (χ0v) is 9.70. The Balaban J connectivity index is 2.22. The first kappa shape index (κ1) is 11.1. The van der Waals surface area contributed by atoms with E-state index in [1.54, 1.807) is 0 Å². The SMILES string of the molecule is Cc1cc(CN)ccc1C(=O)N1CCCC1. The highest BCUT2D eigenvalue weighted by molar-refractivity contribution is 5.95. The van der Waals surface area contributed by atoms with Crippen LogP contribution in [0.1, 0.15) is 34.3 Å². The molecule has 86 valence electrons. The third kappa shape index (κ3) is 2.09. The quantitative estimate of drug-likeness (QED) is 0.821. The van der Waals surface area contributed by atoms with E-state index in [0.29, 0.717) is 6.54 Å². The van der Waals surface area contributed by atoms with Crippen LogP contribution in [-0.4, -0.2) is 23.9 Å². The molecule has 1 aliphatic rings. The molecule has 0 bridgehead atoms. The Kier molecular flexibility index (Phi) is 3.25. The van der Waals surface area contributed by atoms with Crippen LogP contribution in [0.2, 0.25) is 0 Å². The number of nitrogens with zero attached hydrogens (tertiary/aromatic N) is 1. The summed E-state index contributed by atoms with van der Waals surface area (Å²) in [5, 5.41) is 0. The van der Waals surface area contributed by atoms with Gasteiger partial charge in [-0.25, -0.2) is 0 Å². The third-order valence-corrected chi connectivity index (χ3v) is 3.15. The lowest BCUT2D eigenvalue weighted by molar-refractivity contribution is 0.0792. The Morgan fingerprint density at radius 1 is 1.38 bits per heavy atom. The van der Waals surface area contributed by atoms with Crippen molar-refractivity contribution in [3.05, 3.63) is 34.9 Å². The van der Waals surface area contributed by atoms with Crippen molar-refractivity contribution in [2.45, 2.75) is 26.3 Å². The second-order valence-electron chi connectivity index (χ2n) is 4.35. The number of hydrogen-bond donors (Lipinski definition) is 1. The first-order valence-corrected chi connectivity index (χ1v) is 5.81. The average Bonchev–Trinajstić information content (AvgIpc) is 2.81. The summed E-state index contributed by atoms with van der Waals surface area (Å²) in [5.74, 6) is 0.165. The van der Waals surface area contributed by atoms with Crippen LogP contribution < -0.4 is 5.73 Å². The monoisotopic (exact) mass is 218 g/mol. The fraction of sp³-hybridized carbons (Fsp3) is 0.462. The molecule has 0 aliphatic carbocycles. The first-order valence-electron chi connectivity index (χ1n) is 5.81. The Labute approximate surface area is 96.2 Å². The van der Waals surface area contributed by atoms with Crippen molar-refractivity contribution < 1.29 is 4.79 Å². The molecule has 3 nitrogen and oxygen atoms in total. The molecule has 2 rings (SSSR count). The topological polar surface area (TPSA) is 46.3 Å². The van der Waals surface area contributed by atoms with Crippen molar-refractivity contribution >= 4 is 5.91 Å². The van der Waals surface area contributed by atoms with Crippen molar-refractivity contribution in [1.82, 2.24) is 4.90 Å². The summed E-state index contributed by atoms with van der Waals surface area (Å²) < 4.78 is 0. The van der Waals surface area contributed by atoms with Gasteiger partial charge in [0.1, 0.15) is 0 Å². The molecule has 0 spiro atoms. The van der Waals surface area contributed by atoms with Crippen molar-refractivity contribution in [2.24, 2.45) is 5.73 Å². The van der Waals surface area contributed by atoms with E-state index in [1.807, 2.05) is 30.0 Å². The summed E-state index contributed by atoms with van der Waals surface area (Å²) in [7, 11) is 0. The standard InChI is InChI=1S/C13H18N2O/c1-10-8-11(9-14)4-5-12(10)13(16)15-6-2-3-7-15/h4-5,8H,2-3,6-7,9,14H2,1H3. The smallest absolute Gasteiger partial charge is 0.254 e.